The number of likely N-dealkylation sites (N-methyl/N-ethyl adjacent to an activating group) is 6. The van der Waals surface area contributed by atoms with Crippen molar-refractivity contribution in [2.75, 3.05) is 259 Å². The molecule has 0 saturated carbocycles. The van der Waals surface area contributed by atoms with Crippen LogP contribution in [0.3, 0.4) is 0 Å². The Bertz CT molecular complexity index is 1170. The second-order valence-electron chi connectivity index (χ2n) is 25.7. The molecule has 10 fully saturated rings. The van der Waals surface area contributed by atoms with Crippen molar-refractivity contribution in [2.45, 2.75) is 144 Å². The van der Waals surface area contributed by atoms with Crippen molar-refractivity contribution < 1.29 is 9.47 Å². The summed E-state index contributed by atoms with van der Waals surface area (Å²) in [6, 6.07) is 1.38. The molecule has 470 valence electrons. The highest BCUT2D eigenvalue weighted by atomic mass is 32.2. The van der Waals surface area contributed by atoms with E-state index in [1.807, 2.05) is 0 Å². The third-order valence-electron chi connectivity index (χ3n) is 16.0. The summed E-state index contributed by atoms with van der Waals surface area (Å²) in [5, 5.41) is 6.69. The summed E-state index contributed by atoms with van der Waals surface area (Å²) >= 11 is 2.06. The van der Waals surface area contributed by atoms with E-state index in [4.69, 9.17) is 9.47 Å². The zero-order valence-electron chi connectivity index (χ0n) is 54.5. The van der Waals surface area contributed by atoms with Crippen LogP contribution in [0.25, 0.3) is 0 Å². The number of nitrogens with one attached hydrogen (secondary N) is 2. The molecule has 0 amide bonds. The fraction of sp³-hybridized carbons (Fsp3) is 1.00. The van der Waals surface area contributed by atoms with Crippen LogP contribution in [0.2, 0.25) is 0 Å². The molecule has 0 bridgehead atoms. The van der Waals surface area contributed by atoms with Crippen molar-refractivity contribution in [1.82, 2.24) is 64.5 Å². The molecule has 0 aromatic carbocycles. The van der Waals surface area contributed by atoms with Gasteiger partial charge in [-0.25, -0.2) is 0 Å². The van der Waals surface area contributed by atoms with Crippen LogP contribution >= 0.6 is 11.8 Å². The molecule has 10 rings (SSSR count). The van der Waals surface area contributed by atoms with E-state index < -0.39 is 0 Å². The summed E-state index contributed by atoms with van der Waals surface area (Å²) in [6.45, 7) is 44.6. The number of ether oxygens (including phenoxy) is 2. The van der Waals surface area contributed by atoms with Crippen molar-refractivity contribution in [3.05, 3.63) is 0 Å². The van der Waals surface area contributed by atoms with Gasteiger partial charge in [0.15, 0.2) is 0 Å². The van der Waals surface area contributed by atoms with Crippen molar-refractivity contribution in [3.8, 4) is 0 Å². The Morgan fingerprint density at radius 3 is 1.08 bits per heavy atom. The van der Waals surface area contributed by atoms with Crippen molar-refractivity contribution >= 4 is 11.8 Å². The summed E-state index contributed by atoms with van der Waals surface area (Å²) in [5.41, 5.74) is 0.576. The number of nitrogens with zero attached hydrogens (tertiary/aromatic N) is 11. The first kappa shape index (κ1) is 77.8. The van der Waals surface area contributed by atoms with Gasteiger partial charge < -0.3 is 74.0 Å². The number of hydrogen-bond acceptors (Lipinski definition) is 16. The molecule has 0 aliphatic carbocycles. The molecule has 15 nitrogen and oxygen atoms in total. The van der Waals surface area contributed by atoms with Gasteiger partial charge >= 0.3 is 0 Å². The van der Waals surface area contributed by atoms with E-state index in [2.05, 4.69) is 195 Å². The molecule has 10 heterocycles. The molecular formula is C62H139N13O2S. The van der Waals surface area contributed by atoms with Crippen LogP contribution in [-0.4, -0.2) is 338 Å². The maximum atomic E-state index is 5.51. The van der Waals surface area contributed by atoms with Crippen LogP contribution in [0.1, 0.15) is 120 Å². The second-order valence-corrected chi connectivity index (χ2v) is 26.9. The lowest BCUT2D eigenvalue weighted by atomic mass is 9.84. The lowest BCUT2D eigenvalue weighted by Gasteiger charge is -2.35. The van der Waals surface area contributed by atoms with E-state index in [9.17, 15) is 0 Å². The minimum atomic E-state index is 0. The van der Waals surface area contributed by atoms with Crippen LogP contribution < -0.4 is 10.6 Å². The van der Waals surface area contributed by atoms with Gasteiger partial charge in [0, 0.05) is 135 Å². The standard InChI is InChI=1S/C8H17N.C7H16N2.C7H15NO.C7H15N.C6H14N2.C6H13N.C5H12N2.C5H11NO.C5H11NS.C5H11N.CH4/c1-8(2)5-4-6-9(3)7-8;1-6-5-9(3)7(2)4-8-6;1-6-4-8(3)5-7(2)9-6;1-8-6-4-2-3-5-7-8;1-7-3-5-8(2)6-4-7;1-7-5-3-2-4-6-7;1-7-4-2-6-3-5-7;2*1-6-2-4-7-5-3-6;1-6-4-2-3-5-6;/h4-7H2,1-3H3;6-8H,4-5H2,1-3H3;6-7H,4-5H2,1-3H3;2-7H2,1H3;3-6H2,1-2H3;2-6H2,1H3;6H,2-5H2,1H3;2*2-5H2,1H3;2-5H2,1H3;1H4. The van der Waals surface area contributed by atoms with Crippen LogP contribution in [0.4, 0.5) is 0 Å². The summed E-state index contributed by atoms with van der Waals surface area (Å²) in [7, 11) is 23.9. The number of piperazine rings is 3. The van der Waals surface area contributed by atoms with Crippen LogP contribution in [0, 0.1) is 5.41 Å². The van der Waals surface area contributed by atoms with E-state index >= 15 is 0 Å². The van der Waals surface area contributed by atoms with Gasteiger partial charge in [0.2, 0.25) is 0 Å². The summed E-state index contributed by atoms with van der Waals surface area (Å²) in [5.74, 6) is 2.66. The lowest BCUT2D eigenvalue weighted by Crippen LogP contribution is -2.52. The molecule has 16 heteroatoms. The summed E-state index contributed by atoms with van der Waals surface area (Å²) in [4.78, 5) is 26.0. The first-order valence-electron chi connectivity index (χ1n) is 31.4. The van der Waals surface area contributed by atoms with Gasteiger partial charge in [-0.2, -0.15) is 11.8 Å². The second kappa shape index (κ2) is 49.1. The molecule has 0 aromatic rings. The third-order valence-corrected chi connectivity index (χ3v) is 17.0. The molecule has 10 aliphatic rings. The minimum absolute atomic E-state index is 0. The molecule has 4 unspecified atom stereocenters. The Hall–Kier alpha value is -0.250. The van der Waals surface area contributed by atoms with Crippen molar-refractivity contribution in [3.63, 3.8) is 0 Å². The molecule has 0 spiro atoms. The first-order valence-corrected chi connectivity index (χ1v) is 32.6. The zero-order chi connectivity index (χ0) is 57.3. The molecule has 4 atom stereocenters. The summed E-state index contributed by atoms with van der Waals surface area (Å²) in [6.07, 6.45) is 16.4. The van der Waals surface area contributed by atoms with E-state index in [1.54, 1.807) is 0 Å². The highest BCUT2D eigenvalue weighted by Crippen LogP contribution is 2.27. The highest BCUT2D eigenvalue weighted by molar-refractivity contribution is 7.99. The number of hydrogen-bond donors (Lipinski definition) is 2. The van der Waals surface area contributed by atoms with Crippen molar-refractivity contribution in [1.29, 1.82) is 0 Å². The number of rotatable bonds is 0. The Morgan fingerprint density at radius 2 is 0.782 bits per heavy atom. The summed E-state index contributed by atoms with van der Waals surface area (Å²) < 4.78 is 10.6. The van der Waals surface area contributed by atoms with E-state index in [0.717, 1.165) is 59.0 Å². The molecular weight excluding hydrogens is 991 g/mol. The molecule has 10 saturated heterocycles. The van der Waals surface area contributed by atoms with Gasteiger partial charge in [0.05, 0.1) is 25.4 Å². The van der Waals surface area contributed by atoms with Crippen molar-refractivity contribution in [2.24, 2.45) is 5.41 Å². The first-order chi connectivity index (χ1) is 36.6. The Balaban J connectivity index is 0.000000845. The number of likely N-dealkylation sites (tertiary alicyclic amines) is 4. The van der Waals surface area contributed by atoms with Gasteiger partial charge in [0.25, 0.3) is 0 Å². The Labute approximate surface area is 492 Å². The number of morpholine rings is 2. The maximum Gasteiger partial charge on any atom is 0.0678 e. The van der Waals surface area contributed by atoms with Gasteiger partial charge in [-0.3, -0.25) is 0 Å². The van der Waals surface area contributed by atoms with E-state index in [1.165, 1.54) is 193 Å². The van der Waals surface area contributed by atoms with Gasteiger partial charge in [0.1, 0.15) is 0 Å². The van der Waals surface area contributed by atoms with Crippen LogP contribution in [-0.2, 0) is 9.47 Å². The molecule has 10 aliphatic heterocycles. The predicted octanol–water partition coefficient (Wildman–Crippen LogP) is 6.70. The average molecular weight is 1130 g/mol. The largest absolute Gasteiger partial charge is 0.379 e. The minimum Gasteiger partial charge on any atom is -0.379 e. The maximum absolute atomic E-state index is 5.51. The SMILES string of the molecule is C.CC1CN(C)C(C)CN1.CC1CN(C)CC(C)O1.CN1CCCC(C)(C)C1.CN1CCCC1.CN1CCCCC1.CN1CCCCCC1.CN1CCN(C)CC1.CN1CCNCC1.CN1CCOCC1.CN1CCSCC1. The fourth-order valence-corrected chi connectivity index (χ4v) is 11.6. The molecule has 0 radical (unpaired) electrons. The lowest BCUT2D eigenvalue weighted by molar-refractivity contribution is -0.0602. The number of thioether (sulfide) groups is 1. The van der Waals surface area contributed by atoms with E-state index in [0.29, 0.717) is 29.7 Å². The van der Waals surface area contributed by atoms with Gasteiger partial charge in [-0.15, -0.1) is 0 Å². The highest BCUT2D eigenvalue weighted by Gasteiger charge is 2.24. The number of piperidine rings is 2. The third kappa shape index (κ3) is 47.1. The molecule has 78 heavy (non-hydrogen) atoms. The van der Waals surface area contributed by atoms with Gasteiger partial charge in [-0.05, 0) is 208 Å². The smallest absolute Gasteiger partial charge is 0.0678 e. The van der Waals surface area contributed by atoms with E-state index in [-0.39, 0.29) is 7.43 Å². The van der Waals surface area contributed by atoms with Crippen LogP contribution in [0.5, 0.6) is 0 Å². The predicted molar refractivity (Wildman–Crippen MR) is 347 cm³/mol. The van der Waals surface area contributed by atoms with Gasteiger partial charge in [-0.1, -0.05) is 40.5 Å². The zero-order valence-corrected chi connectivity index (χ0v) is 55.3. The molecule has 0 aromatic heterocycles. The topological polar surface area (TPSA) is 78.2 Å². The van der Waals surface area contributed by atoms with Crippen LogP contribution in [0.15, 0.2) is 0 Å². The Kier molecular flexibility index (Phi) is 48.9. The fourth-order valence-electron chi connectivity index (χ4n) is 10.5. The average Bonchev–Trinajstić information content (AvgIpc) is 3.74. The Morgan fingerprint density at radius 1 is 0.410 bits per heavy atom. The monoisotopic (exact) mass is 1130 g/mol. The molecule has 2 N–H and O–H groups in total. The normalized spacial score (nSPS) is 28.6. The quantitative estimate of drug-likeness (QED) is 0.270.